The van der Waals surface area contributed by atoms with Crippen LogP contribution in [0.5, 0.6) is 0 Å². The monoisotopic (exact) mass is 768 g/mol. The van der Waals surface area contributed by atoms with Crippen LogP contribution in [-0.4, -0.2) is 96.3 Å². The molecule has 0 N–H and O–H groups in total. The molecule has 0 saturated carbocycles. The number of benzene rings is 1. The number of nitrogens with zero attached hydrogens (tertiary/aromatic N) is 2. The van der Waals surface area contributed by atoms with Gasteiger partial charge >= 0.3 is 36.2 Å². The highest BCUT2D eigenvalue weighted by molar-refractivity contribution is 5.84. The van der Waals surface area contributed by atoms with Crippen molar-refractivity contribution in [3.05, 3.63) is 63.4 Å². The van der Waals surface area contributed by atoms with Crippen molar-refractivity contribution in [3.63, 3.8) is 0 Å². The summed E-state index contributed by atoms with van der Waals surface area (Å²) in [4.78, 5) is 90.7. The van der Waals surface area contributed by atoms with Gasteiger partial charge in [-0.2, -0.15) is 0 Å². The van der Waals surface area contributed by atoms with Crippen LogP contribution in [-0.2, 0) is 81.4 Å². The Kier molecular flexibility index (Phi) is 13.2. The molecule has 2 aromatic heterocycles. The normalized spacial score (nSPS) is 19.7. The van der Waals surface area contributed by atoms with Crippen molar-refractivity contribution in [1.29, 1.82) is 0 Å². The van der Waals surface area contributed by atoms with Crippen LogP contribution < -0.4 is 5.56 Å². The lowest BCUT2D eigenvalue weighted by Gasteiger charge is -2.44. The molecule has 0 amide bonds. The number of pyridine rings is 2. The molecule has 4 heterocycles. The van der Waals surface area contributed by atoms with Crippen molar-refractivity contribution in [2.24, 2.45) is 0 Å². The number of rotatable bonds is 13. The van der Waals surface area contributed by atoms with E-state index in [0.717, 1.165) is 44.2 Å². The molecule has 0 bridgehead atoms. The molecule has 0 radical (unpaired) electrons. The van der Waals surface area contributed by atoms with Crippen LogP contribution in [0.3, 0.4) is 0 Å². The van der Waals surface area contributed by atoms with Crippen molar-refractivity contribution < 1.29 is 71.4 Å². The molecular formula is C37H40N2O16. The lowest BCUT2D eigenvalue weighted by molar-refractivity contribution is -0.308. The van der Waals surface area contributed by atoms with Gasteiger partial charge < -0.3 is 47.2 Å². The fraction of sp³-hybridized carbons (Fsp3) is 0.459. The number of carbonyl (C=O) groups excluding carboxylic acids is 6. The average Bonchev–Trinajstić information content (AvgIpc) is 3.47. The molecule has 3 unspecified atom stereocenters. The van der Waals surface area contributed by atoms with Crippen molar-refractivity contribution in [2.75, 3.05) is 19.8 Å². The van der Waals surface area contributed by atoms with Crippen LogP contribution in [0, 0.1) is 0 Å². The van der Waals surface area contributed by atoms with Gasteiger partial charge in [-0.15, -0.1) is 0 Å². The zero-order valence-electron chi connectivity index (χ0n) is 30.7. The quantitative estimate of drug-likeness (QED) is 0.0824. The first-order valence-corrected chi connectivity index (χ1v) is 17.3. The fourth-order valence-electron chi connectivity index (χ4n) is 6.28. The first-order valence-electron chi connectivity index (χ1n) is 17.3. The predicted octanol–water partition coefficient (Wildman–Crippen LogP) is 3.27. The van der Waals surface area contributed by atoms with Crippen molar-refractivity contribution in [1.82, 2.24) is 9.55 Å². The van der Waals surface area contributed by atoms with E-state index in [2.05, 4.69) is 4.74 Å². The van der Waals surface area contributed by atoms with Crippen LogP contribution in [0.1, 0.15) is 57.7 Å². The van der Waals surface area contributed by atoms with Gasteiger partial charge in [0.25, 0.3) is 5.56 Å². The molecule has 3 aromatic rings. The number of para-hydroxylation sites is 1. The minimum Gasteiger partial charge on any atom is -0.463 e. The van der Waals surface area contributed by atoms with Gasteiger partial charge in [0.1, 0.15) is 25.9 Å². The Bertz CT molecular complexity index is 2030. The molecule has 18 heteroatoms. The molecule has 5 rings (SSSR count). The summed E-state index contributed by atoms with van der Waals surface area (Å²) in [6, 6.07) is 11.5. The molecule has 55 heavy (non-hydrogen) atoms. The Morgan fingerprint density at radius 3 is 2.18 bits per heavy atom. The van der Waals surface area contributed by atoms with Crippen molar-refractivity contribution in [3.8, 4) is 11.4 Å². The molecule has 2 aliphatic heterocycles. The number of fused-ring (bicyclic) bond motifs is 4. The largest absolute Gasteiger partial charge is 0.518 e. The molecule has 1 aromatic carbocycles. The van der Waals surface area contributed by atoms with Gasteiger partial charge in [-0.1, -0.05) is 31.5 Å². The smallest absolute Gasteiger partial charge is 0.463 e. The van der Waals surface area contributed by atoms with Gasteiger partial charge in [-0.05, 0) is 30.2 Å². The predicted molar refractivity (Wildman–Crippen MR) is 185 cm³/mol. The number of esters is 4. The number of hydrogen-bond acceptors (Lipinski definition) is 17. The first kappa shape index (κ1) is 40.3. The van der Waals surface area contributed by atoms with Gasteiger partial charge in [0.05, 0.1) is 35.6 Å². The van der Waals surface area contributed by atoms with Crippen LogP contribution in [0.4, 0.5) is 9.59 Å². The summed E-state index contributed by atoms with van der Waals surface area (Å²) in [5, 5.41) is 0.946. The third-order valence-electron chi connectivity index (χ3n) is 8.42. The minimum absolute atomic E-state index is 0.228. The summed E-state index contributed by atoms with van der Waals surface area (Å²) < 4.78 is 48.6. The Morgan fingerprint density at radius 2 is 1.49 bits per heavy atom. The molecule has 2 aliphatic rings. The summed E-state index contributed by atoms with van der Waals surface area (Å²) in [6.07, 6.45) is -8.78. The summed E-state index contributed by atoms with van der Waals surface area (Å²) in [6.45, 7) is 4.65. The van der Waals surface area contributed by atoms with E-state index in [1.54, 1.807) is 4.57 Å². The molecule has 294 valence electrons. The Labute approximate surface area is 313 Å². The van der Waals surface area contributed by atoms with E-state index in [4.69, 9.17) is 42.9 Å². The first-order chi connectivity index (χ1) is 26.2. The zero-order valence-corrected chi connectivity index (χ0v) is 30.7. The molecule has 0 aliphatic carbocycles. The van der Waals surface area contributed by atoms with Crippen molar-refractivity contribution in [2.45, 2.75) is 91.3 Å². The van der Waals surface area contributed by atoms with Crippen LogP contribution in [0.2, 0.25) is 0 Å². The van der Waals surface area contributed by atoms with E-state index < -0.39 is 93.3 Å². The van der Waals surface area contributed by atoms with Gasteiger partial charge in [-0.3, -0.25) is 24.0 Å². The fourth-order valence-corrected chi connectivity index (χ4v) is 6.28. The van der Waals surface area contributed by atoms with E-state index in [0.29, 0.717) is 29.8 Å². The molecule has 18 nitrogen and oxygen atoms in total. The number of aromatic nitrogens is 2. The lowest BCUT2D eigenvalue weighted by Crippen LogP contribution is -2.63. The molecule has 1 saturated heterocycles. The van der Waals surface area contributed by atoms with E-state index in [1.165, 1.54) is 0 Å². The van der Waals surface area contributed by atoms with Crippen LogP contribution in [0.25, 0.3) is 22.3 Å². The lowest BCUT2D eigenvalue weighted by atomic mass is 9.98. The molecular weight excluding hydrogens is 728 g/mol. The second kappa shape index (κ2) is 18.0. The molecule has 1 fully saturated rings. The van der Waals surface area contributed by atoms with Gasteiger partial charge in [0.15, 0.2) is 24.6 Å². The second-order valence-corrected chi connectivity index (χ2v) is 12.5. The second-order valence-electron chi connectivity index (χ2n) is 12.5. The topological polar surface area (TPSA) is 220 Å². The summed E-state index contributed by atoms with van der Waals surface area (Å²) in [5.41, 5.74) is 3.58. The molecule has 5 atom stereocenters. The summed E-state index contributed by atoms with van der Waals surface area (Å²) >= 11 is 0. The van der Waals surface area contributed by atoms with Crippen molar-refractivity contribution >= 4 is 47.1 Å². The highest BCUT2D eigenvalue weighted by Gasteiger charge is 2.52. The Morgan fingerprint density at radius 1 is 0.818 bits per heavy atom. The number of carbonyl (C=O) groups is 6. The van der Waals surface area contributed by atoms with E-state index in [1.807, 2.05) is 43.3 Å². The third-order valence-corrected chi connectivity index (χ3v) is 8.42. The number of ether oxygens (including phenoxy) is 9. The van der Waals surface area contributed by atoms with Gasteiger partial charge in [0, 0.05) is 38.6 Å². The van der Waals surface area contributed by atoms with E-state index >= 15 is 0 Å². The zero-order chi connectivity index (χ0) is 39.8. The SMILES string of the molecule is CCCc1cc2n(c(=O)c1COC(=O)OC(=O)OCCOC1OC(COC(C)=O)[C@@H](OC(C)=O)C(OC(C)=O)[C@H]1OC(C)=O)Cc1cc3ccccc3nc1-2. The maximum absolute atomic E-state index is 13.7. The van der Waals surface area contributed by atoms with Crippen LogP contribution >= 0.6 is 0 Å². The molecule has 0 spiro atoms. The van der Waals surface area contributed by atoms with E-state index in [-0.39, 0.29) is 17.7 Å². The summed E-state index contributed by atoms with van der Waals surface area (Å²) in [7, 11) is 0. The maximum atomic E-state index is 13.7. The number of aryl methyl sites for hydroxylation is 1. The third kappa shape index (κ3) is 10.0. The van der Waals surface area contributed by atoms with E-state index in [9.17, 15) is 33.6 Å². The highest BCUT2D eigenvalue weighted by Crippen LogP contribution is 2.33. The number of hydrogen-bond donors (Lipinski definition) is 0. The Balaban J connectivity index is 1.19. The highest BCUT2D eigenvalue weighted by atomic mass is 16.8. The van der Waals surface area contributed by atoms with Crippen LogP contribution in [0.15, 0.2) is 41.2 Å². The summed E-state index contributed by atoms with van der Waals surface area (Å²) in [5.74, 6) is -3.16. The average molecular weight is 769 g/mol. The van der Waals surface area contributed by atoms with Gasteiger partial charge in [-0.25, -0.2) is 14.6 Å². The standard InChI is InChI=1S/C37H40N2O16/c1-6-9-23-15-28-30-25(14-24-10-7-8-11-27(24)38-30)16-39(28)34(44)26(23)17-50-37(46)55-36(45)48-13-12-47-35-33(53-22(5)43)32(52-21(4)42)31(51-20(3)41)29(54-35)18-49-19(2)40/h7-8,10-11,14-15,29,31-33,35H,6,9,12-13,16-18H2,1-5H3/t29?,31-,32?,33-,35?/m1/s1. The minimum atomic E-state index is -1.52. The Hall–Kier alpha value is -5.88. The maximum Gasteiger partial charge on any atom is 0.518 e. The van der Waals surface area contributed by atoms with Gasteiger partial charge in [0.2, 0.25) is 0 Å².